The third kappa shape index (κ3) is 3.68. The van der Waals surface area contributed by atoms with Crippen LogP contribution in [0.25, 0.3) is 0 Å². The van der Waals surface area contributed by atoms with Crippen LogP contribution in [0.4, 0.5) is 4.79 Å². The molecule has 2 fully saturated rings. The van der Waals surface area contributed by atoms with E-state index >= 15 is 0 Å². The Morgan fingerprint density at radius 1 is 1.25 bits per heavy atom. The summed E-state index contributed by atoms with van der Waals surface area (Å²) >= 11 is 0. The summed E-state index contributed by atoms with van der Waals surface area (Å²) in [5.74, 6) is 0.871. The van der Waals surface area contributed by atoms with Crippen LogP contribution in [0.5, 0.6) is 5.75 Å². The van der Waals surface area contributed by atoms with Crippen molar-refractivity contribution in [2.75, 3.05) is 13.2 Å². The van der Waals surface area contributed by atoms with Gasteiger partial charge in [0, 0.05) is 19.1 Å². The lowest BCUT2D eigenvalue weighted by Crippen LogP contribution is -2.43. The van der Waals surface area contributed by atoms with Crippen molar-refractivity contribution in [3.63, 3.8) is 0 Å². The van der Waals surface area contributed by atoms with Gasteiger partial charge in [0.15, 0.2) is 0 Å². The SMILES string of the molecule is CCOc1ccc(CNC(=O)N2CC3(C)CC2CC(C)(C)C3)cc1. The van der Waals surface area contributed by atoms with Gasteiger partial charge in [0.2, 0.25) is 0 Å². The number of urea groups is 1. The maximum atomic E-state index is 12.7. The molecule has 1 saturated heterocycles. The van der Waals surface area contributed by atoms with E-state index in [0.29, 0.717) is 24.6 Å². The van der Waals surface area contributed by atoms with Crippen LogP contribution in [0, 0.1) is 10.8 Å². The predicted octanol–water partition coefficient (Wildman–Crippen LogP) is 4.20. The van der Waals surface area contributed by atoms with Crippen LogP contribution >= 0.6 is 0 Å². The number of rotatable bonds is 4. The monoisotopic (exact) mass is 330 g/mol. The zero-order valence-electron chi connectivity index (χ0n) is 15.4. The van der Waals surface area contributed by atoms with Gasteiger partial charge in [-0.25, -0.2) is 4.79 Å². The fraction of sp³-hybridized carbons (Fsp3) is 0.650. The summed E-state index contributed by atoms with van der Waals surface area (Å²) in [5.41, 5.74) is 1.71. The van der Waals surface area contributed by atoms with E-state index in [2.05, 4.69) is 31.0 Å². The van der Waals surface area contributed by atoms with E-state index in [-0.39, 0.29) is 11.4 Å². The first-order valence-electron chi connectivity index (χ1n) is 9.06. The Hall–Kier alpha value is -1.71. The van der Waals surface area contributed by atoms with Crippen LogP contribution in [0.15, 0.2) is 24.3 Å². The first-order chi connectivity index (χ1) is 11.3. The highest BCUT2D eigenvalue weighted by Gasteiger charge is 2.50. The molecule has 132 valence electrons. The second-order valence-electron chi connectivity index (χ2n) is 8.58. The zero-order valence-corrected chi connectivity index (χ0v) is 15.4. The van der Waals surface area contributed by atoms with Crippen molar-refractivity contribution >= 4 is 6.03 Å². The Kier molecular flexibility index (Phi) is 4.50. The summed E-state index contributed by atoms with van der Waals surface area (Å²) in [4.78, 5) is 14.7. The molecule has 1 aliphatic carbocycles. The molecule has 0 aromatic heterocycles. The van der Waals surface area contributed by atoms with Crippen molar-refractivity contribution in [2.24, 2.45) is 10.8 Å². The van der Waals surface area contributed by atoms with E-state index in [1.54, 1.807) is 0 Å². The molecule has 2 aliphatic rings. The molecule has 24 heavy (non-hydrogen) atoms. The molecule has 2 amide bonds. The summed E-state index contributed by atoms with van der Waals surface area (Å²) in [6.07, 6.45) is 3.46. The van der Waals surface area contributed by atoms with Crippen LogP contribution in [0.3, 0.4) is 0 Å². The van der Waals surface area contributed by atoms with Gasteiger partial charge < -0.3 is 15.0 Å². The topological polar surface area (TPSA) is 41.6 Å². The smallest absolute Gasteiger partial charge is 0.317 e. The lowest BCUT2D eigenvalue weighted by Gasteiger charge is -2.39. The van der Waals surface area contributed by atoms with Gasteiger partial charge in [0.25, 0.3) is 0 Å². The number of hydrogen-bond acceptors (Lipinski definition) is 2. The Bertz CT molecular complexity index is 596. The molecule has 2 bridgehead atoms. The lowest BCUT2D eigenvalue weighted by molar-refractivity contribution is 0.129. The maximum Gasteiger partial charge on any atom is 0.317 e. The normalized spacial score (nSPS) is 27.8. The first-order valence-corrected chi connectivity index (χ1v) is 9.06. The molecule has 1 saturated carbocycles. The minimum Gasteiger partial charge on any atom is -0.494 e. The second kappa shape index (κ2) is 6.30. The number of ether oxygens (including phenoxy) is 1. The molecule has 4 heteroatoms. The van der Waals surface area contributed by atoms with Gasteiger partial charge in [-0.2, -0.15) is 0 Å². The van der Waals surface area contributed by atoms with Crippen molar-refractivity contribution in [1.82, 2.24) is 10.2 Å². The molecule has 0 spiro atoms. The number of amides is 2. The molecule has 1 aromatic carbocycles. The van der Waals surface area contributed by atoms with Crippen molar-refractivity contribution in [1.29, 1.82) is 0 Å². The van der Waals surface area contributed by atoms with E-state index in [9.17, 15) is 4.79 Å². The lowest BCUT2D eigenvalue weighted by atomic mass is 9.65. The van der Waals surface area contributed by atoms with Gasteiger partial charge in [0.05, 0.1) is 6.61 Å². The third-order valence-corrected chi connectivity index (χ3v) is 5.35. The number of likely N-dealkylation sites (tertiary alicyclic amines) is 1. The summed E-state index contributed by atoms with van der Waals surface area (Å²) in [5, 5.41) is 3.10. The summed E-state index contributed by atoms with van der Waals surface area (Å²) in [6.45, 7) is 11.1. The van der Waals surface area contributed by atoms with Crippen molar-refractivity contribution in [3.05, 3.63) is 29.8 Å². The Morgan fingerprint density at radius 3 is 2.62 bits per heavy atom. The highest BCUT2D eigenvalue weighted by atomic mass is 16.5. The molecular formula is C20H30N2O2. The number of fused-ring (bicyclic) bond motifs is 2. The van der Waals surface area contributed by atoms with Crippen LogP contribution in [-0.2, 0) is 6.54 Å². The van der Waals surface area contributed by atoms with Gasteiger partial charge in [-0.05, 0) is 54.7 Å². The average molecular weight is 330 g/mol. The Labute approximate surface area is 145 Å². The molecule has 1 N–H and O–H groups in total. The van der Waals surface area contributed by atoms with Crippen LogP contribution in [0.2, 0.25) is 0 Å². The Balaban J connectivity index is 1.58. The van der Waals surface area contributed by atoms with Gasteiger partial charge in [-0.3, -0.25) is 0 Å². The summed E-state index contributed by atoms with van der Waals surface area (Å²) in [7, 11) is 0. The third-order valence-electron chi connectivity index (χ3n) is 5.35. The molecule has 1 aromatic rings. The quantitative estimate of drug-likeness (QED) is 0.899. The molecule has 3 rings (SSSR count). The number of carbonyl (C=O) groups excluding carboxylic acids is 1. The van der Waals surface area contributed by atoms with Crippen LogP contribution < -0.4 is 10.1 Å². The highest BCUT2D eigenvalue weighted by molar-refractivity contribution is 5.75. The van der Waals surface area contributed by atoms with E-state index in [1.807, 2.05) is 31.2 Å². The van der Waals surface area contributed by atoms with Crippen LogP contribution in [-0.4, -0.2) is 30.1 Å². The largest absolute Gasteiger partial charge is 0.494 e. The minimum atomic E-state index is 0.0790. The number of nitrogens with zero attached hydrogens (tertiary/aromatic N) is 1. The number of benzene rings is 1. The van der Waals surface area contributed by atoms with E-state index in [0.717, 1.165) is 30.7 Å². The van der Waals surface area contributed by atoms with Crippen molar-refractivity contribution in [3.8, 4) is 5.75 Å². The Morgan fingerprint density at radius 2 is 1.96 bits per heavy atom. The van der Waals surface area contributed by atoms with Gasteiger partial charge in [0.1, 0.15) is 5.75 Å². The minimum absolute atomic E-state index is 0.0790. The number of nitrogens with one attached hydrogen (secondary N) is 1. The first kappa shape index (κ1) is 17.1. The summed E-state index contributed by atoms with van der Waals surface area (Å²) in [6, 6.07) is 8.40. The fourth-order valence-electron chi connectivity index (χ4n) is 4.85. The van der Waals surface area contributed by atoms with Crippen molar-refractivity contribution < 1.29 is 9.53 Å². The summed E-state index contributed by atoms with van der Waals surface area (Å²) < 4.78 is 5.45. The fourth-order valence-corrected chi connectivity index (χ4v) is 4.85. The molecule has 4 nitrogen and oxygen atoms in total. The van der Waals surface area contributed by atoms with Crippen molar-refractivity contribution in [2.45, 2.75) is 59.5 Å². The highest BCUT2D eigenvalue weighted by Crippen LogP contribution is 2.52. The average Bonchev–Trinajstić information content (AvgIpc) is 2.75. The maximum absolute atomic E-state index is 12.7. The zero-order chi connectivity index (χ0) is 17.4. The second-order valence-corrected chi connectivity index (χ2v) is 8.58. The molecule has 1 aliphatic heterocycles. The molecule has 1 heterocycles. The van der Waals surface area contributed by atoms with Gasteiger partial charge in [-0.15, -0.1) is 0 Å². The van der Waals surface area contributed by atoms with E-state index in [4.69, 9.17) is 4.74 Å². The molecule has 0 radical (unpaired) electrons. The van der Waals surface area contributed by atoms with Gasteiger partial charge in [-0.1, -0.05) is 32.9 Å². The van der Waals surface area contributed by atoms with E-state index < -0.39 is 0 Å². The standard InChI is InChI=1S/C20H30N2O2/c1-5-24-17-8-6-15(7-9-17)12-21-18(23)22-14-20(4)11-16(22)10-19(2,3)13-20/h6-9,16H,5,10-14H2,1-4H3,(H,21,23). The van der Waals surface area contributed by atoms with Crippen LogP contribution in [0.1, 0.15) is 52.5 Å². The molecule has 2 unspecified atom stereocenters. The van der Waals surface area contributed by atoms with E-state index in [1.165, 1.54) is 6.42 Å². The predicted molar refractivity (Wildman–Crippen MR) is 96.1 cm³/mol. The number of carbonyl (C=O) groups is 1. The molecular weight excluding hydrogens is 300 g/mol. The number of hydrogen-bond donors (Lipinski definition) is 1. The van der Waals surface area contributed by atoms with Gasteiger partial charge >= 0.3 is 6.03 Å². The molecule has 2 atom stereocenters.